The Morgan fingerprint density at radius 3 is 2.71 bits per heavy atom. The molecule has 0 radical (unpaired) electrons. The highest BCUT2D eigenvalue weighted by molar-refractivity contribution is 6.32. The van der Waals surface area contributed by atoms with Gasteiger partial charge in [-0.2, -0.15) is 5.10 Å². The normalized spacial score (nSPS) is 11.0. The minimum absolute atomic E-state index is 0.101. The van der Waals surface area contributed by atoms with Crippen molar-refractivity contribution in [3.63, 3.8) is 0 Å². The first kappa shape index (κ1) is 20.5. The van der Waals surface area contributed by atoms with E-state index in [9.17, 15) is 4.79 Å². The third-order valence-corrected chi connectivity index (χ3v) is 4.94. The largest absolute Gasteiger partial charge is 0.495 e. The van der Waals surface area contributed by atoms with E-state index in [0.717, 1.165) is 22.0 Å². The molecule has 2 N–H and O–H groups in total. The summed E-state index contributed by atoms with van der Waals surface area (Å²) >= 11 is 6.16. The second kappa shape index (κ2) is 9.36. The van der Waals surface area contributed by atoms with Crippen LogP contribution in [-0.4, -0.2) is 25.8 Å². The molecule has 0 fully saturated rings. The van der Waals surface area contributed by atoms with Crippen molar-refractivity contribution in [1.29, 1.82) is 0 Å². The molecular weight excluding hydrogens is 414 g/mol. The molecule has 3 aromatic carbocycles. The molecule has 0 spiro atoms. The third kappa shape index (κ3) is 5.05. The molecule has 0 aliphatic heterocycles. The second-order valence-electron chi connectivity index (χ2n) is 6.76. The molecule has 4 rings (SSSR count). The maximum absolute atomic E-state index is 12.1. The van der Waals surface area contributed by atoms with E-state index >= 15 is 0 Å². The van der Waals surface area contributed by atoms with Crippen molar-refractivity contribution < 1.29 is 13.9 Å². The molecule has 0 bridgehead atoms. The molecule has 4 aromatic rings. The number of amides is 1. The first-order valence-electron chi connectivity index (χ1n) is 9.61. The summed E-state index contributed by atoms with van der Waals surface area (Å²) in [5.41, 5.74) is 4.16. The Kier molecular flexibility index (Phi) is 6.19. The zero-order valence-corrected chi connectivity index (χ0v) is 17.5. The van der Waals surface area contributed by atoms with E-state index in [1.54, 1.807) is 25.3 Å². The quantitative estimate of drug-likeness (QED) is 0.305. The van der Waals surface area contributed by atoms with Crippen LogP contribution in [0.15, 0.2) is 82.3 Å². The van der Waals surface area contributed by atoms with Crippen LogP contribution in [0, 0.1) is 0 Å². The van der Waals surface area contributed by atoms with Gasteiger partial charge in [-0.1, -0.05) is 41.9 Å². The fraction of sp³-hybridized carbons (Fsp3) is 0.0833. The fourth-order valence-electron chi connectivity index (χ4n) is 3.09. The highest BCUT2D eigenvalue weighted by Crippen LogP contribution is 2.30. The van der Waals surface area contributed by atoms with Gasteiger partial charge in [0.15, 0.2) is 0 Å². The lowest BCUT2D eigenvalue weighted by molar-refractivity contribution is -0.119. The topological polar surface area (TPSA) is 75.9 Å². The standard InChI is InChI=1S/C24H20ClN3O3/c1-30-23-10-7-18(13-21(23)25)22-11-9-20(31-22)14-27-28-24(29)15-26-19-8-6-16-4-2-3-5-17(16)12-19/h2-14,26H,15H2,1H3,(H,28,29)/b27-14-. The molecule has 156 valence electrons. The van der Waals surface area contributed by atoms with Crippen molar-refractivity contribution in [2.75, 3.05) is 19.0 Å². The molecule has 1 amide bonds. The van der Waals surface area contributed by atoms with Crippen LogP contribution in [0.3, 0.4) is 0 Å². The number of carbonyl (C=O) groups is 1. The Hall–Kier alpha value is -3.77. The van der Waals surface area contributed by atoms with Crippen LogP contribution in [0.1, 0.15) is 5.76 Å². The van der Waals surface area contributed by atoms with Gasteiger partial charge in [0.2, 0.25) is 0 Å². The first-order valence-corrected chi connectivity index (χ1v) is 9.98. The van der Waals surface area contributed by atoms with Crippen LogP contribution >= 0.6 is 11.6 Å². The van der Waals surface area contributed by atoms with Crippen LogP contribution in [0.25, 0.3) is 22.1 Å². The van der Waals surface area contributed by atoms with Gasteiger partial charge in [0.25, 0.3) is 5.91 Å². The summed E-state index contributed by atoms with van der Waals surface area (Å²) in [4.78, 5) is 12.1. The molecule has 1 heterocycles. The first-order chi connectivity index (χ1) is 15.1. The number of hydrogen-bond acceptors (Lipinski definition) is 5. The number of nitrogens with zero attached hydrogens (tertiary/aromatic N) is 1. The summed E-state index contributed by atoms with van der Waals surface area (Å²) in [6.07, 6.45) is 1.45. The summed E-state index contributed by atoms with van der Waals surface area (Å²) in [5.74, 6) is 1.47. The number of rotatable bonds is 7. The van der Waals surface area contributed by atoms with Crippen LogP contribution in [-0.2, 0) is 4.79 Å². The summed E-state index contributed by atoms with van der Waals surface area (Å²) in [6, 6.07) is 23.0. The molecule has 0 atom stereocenters. The van der Waals surface area contributed by atoms with Gasteiger partial charge in [-0.05, 0) is 53.2 Å². The summed E-state index contributed by atoms with van der Waals surface area (Å²) < 4.78 is 10.9. The average Bonchev–Trinajstić information content (AvgIpc) is 3.26. The van der Waals surface area contributed by atoms with Crippen LogP contribution < -0.4 is 15.5 Å². The van der Waals surface area contributed by atoms with Crippen molar-refractivity contribution in [1.82, 2.24) is 5.43 Å². The minimum Gasteiger partial charge on any atom is -0.495 e. The lowest BCUT2D eigenvalue weighted by Crippen LogP contribution is -2.25. The Labute approximate surface area is 184 Å². The Balaban J connectivity index is 1.31. The van der Waals surface area contributed by atoms with Gasteiger partial charge < -0.3 is 14.5 Å². The zero-order valence-electron chi connectivity index (χ0n) is 16.8. The van der Waals surface area contributed by atoms with Gasteiger partial charge >= 0.3 is 0 Å². The predicted molar refractivity (Wildman–Crippen MR) is 124 cm³/mol. The van der Waals surface area contributed by atoms with E-state index in [1.807, 2.05) is 54.6 Å². The van der Waals surface area contributed by atoms with Crippen LogP contribution in [0.4, 0.5) is 5.69 Å². The minimum atomic E-state index is -0.266. The number of hydrazone groups is 1. The van der Waals surface area contributed by atoms with Gasteiger partial charge in [0.05, 0.1) is 24.9 Å². The Bertz CT molecular complexity index is 1250. The maximum Gasteiger partial charge on any atom is 0.259 e. The van der Waals surface area contributed by atoms with Gasteiger partial charge in [-0.25, -0.2) is 5.43 Å². The molecular formula is C24H20ClN3O3. The number of nitrogens with one attached hydrogen (secondary N) is 2. The summed E-state index contributed by atoms with van der Waals surface area (Å²) in [5, 5.41) is 9.80. The molecule has 1 aromatic heterocycles. The van der Waals surface area contributed by atoms with Gasteiger partial charge in [0, 0.05) is 11.3 Å². The SMILES string of the molecule is COc1ccc(-c2ccc(/C=N\NC(=O)CNc3ccc4ccccc4c3)o2)cc1Cl. The molecule has 7 heteroatoms. The fourth-order valence-corrected chi connectivity index (χ4v) is 3.34. The monoisotopic (exact) mass is 433 g/mol. The predicted octanol–water partition coefficient (Wildman–Crippen LogP) is 5.32. The van der Waals surface area contributed by atoms with E-state index < -0.39 is 0 Å². The van der Waals surface area contributed by atoms with Crippen molar-refractivity contribution in [2.45, 2.75) is 0 Å². The van der Waals surface area contributed by atoms with Crippen LogP contribution in [0.2, 0.25) is 5.02 Å². The van der Waals surface area contributed by atoms with Crippen molar-refractivity contribution in [2.24, 2.45) is 5.10 Å². The van der Waals surface area contributed by atoms with Crippen molar-refractivity contribution >= 4 is 40.2 Å². The molecule has 0 aliphatic carbocycles. The molecule has 31 heavy (non-hydrogen) atoms. The van der Waals surface area contributed by atoms with Gasteiger partial charge in [-0.15, -0.1) is 0 Å². The number of anilines is 1. The average molecular weight is 434 g/mol. The number of ether oxygens (including phenoxy) is 1. The van der Waals surface area contributed by atoms with E-state index in [-0.39, 0.29) is 12.5 Å². The molecule has 0 aliphatic rings. The van der Waals surface area contributed by atoms with E-state index in [1.165, 1.54) is 6.21 Å². The number of methoxy groups -OCH3 is 1. The van der Waals surface area contributed by atoms with Crippen LogP contribution in [0.5, 0.6) is 5.75 Å². The molecule has 0 saturated carbocycles. The van der Waals surface area contributed by atoms with Crippen molar-refractivity contribution in [3.8, 4) is 17.1 Å². The van der Waals surface area contributed by atoms with Crippen molar-refractivity contribution in [3.05, 3.63) is 83.6 Å². The summed E-state index contributed by atoms with van der Waals surface area (Å²) in [6.45, 7) is 0.101. The Morgan fingerprint density at radius 2 is 1.90 bits per heavy atom. The molecule has 0 unspecified atom stereocenters. The maximum atomic E-state index is 12.1. The Morgan fingerprint density at radius 1 is 1.06 bits per heavy atom. The smallest absolute Gasteiger partial charge is 0.259 e. The van der Waals surface area contributed by atoms with E-state index in [2.05, 4.69) is 15.8 Å². The third-order valence-electron chi connectivity index (χ3n) is 4.65. The summed E-state index contributed by atoms with van der Waals surface area (Å²) in [7, 11) is 1.56. The van der Waals surface area contributed by atoms with Gasteiger partial charge in [-0.3, -0.25) is 4.79 Å². The lowest BCUT2D eigenvalue weighted by Gasteiger charge is -2.06. The number of halogens is 1. The number of carbonyl (C=O) groups excluding carboxylic acids is 1. The van der Waals surface area contributed by atoms with E-state index in [4.69, 9.17) is 20.8 Å². The highest BCUT2D eigenvalue weighted by Gasteiger charge is 2.08. The number of fused-ring (bicyclic) bond motifs is 1. The second-order valence-corrected chi connectivity index (χ2v) is 7.17. The lowest BCUT2D eigenvalue weighted by atomic mass is 10.1. The number of furan rings is 1. The number of benzene rings is 3. The number of hydrogen-bond donors (Lipinski definition) is 2. The zero-order chi connectivity index (χ0) is 21.6. The molecule has 6 nitrogen and oxygen atoms in total. The van der Waals surface area contributed by atoms with E-state index in [0.29, 0.717) is 22.3 Å². The van der Waals surface area contributed by atoms with Gasteiger partial charge in [0.1, 0.15) is 17.3 Å². The molecule has 0 saturated heterocycles. The highest BCUT2D eigenvalue weighted by atomic mass is 35.5.